The molecule has 2 N–H and O–H groups in total. The van der Waals surface area contributed by atoms with Crippen molar-refractivity contribution >= 4 is 17.3 Å². The predicted octanol–water partition coefficient (Wildman–Crippen LogP) is 4.31. The van der Waals surface area contributed by atoms with E-state index in [0.29, 0.717) is 5.75 Å². The molecule has 0 fully saturated rings. The minimum Gasteiger partial charge on any atom is -0.508 e. The largest absolute Gasteiger partial charge is 0.508 e. The summed E-state index contributed by atoms with van der Waals surface area (Å²) >= 11 is 0. The smallest absolute Gasteiger partial charge is 0.313 e. The van der Waals surface area contributed by atoms with Crippen molar-refractivity contribution in [2.45, 2.75) is 27.7 Å². The van der Waals surface area contributed by atoms with Crippen LogP contribution >= 0.6 is 0 Å². The highest BCUT2D eigenvalue weighted by Crippen LogP contribution is 2.27. The molecular formula is C18H21NO3. The van der Waals surface area contributed by atoms with Crippen molar-refractivity contribution in [2.75, 3.05) is 5.32 Å². The van der Waals surface area contributed by atoms with Crippen molar-refractivity contribution < 1.29 is 14.6 Å². The molecule has 0 aliphatic rings. The predicted molar refractivity (Wildman–Crippen MR) is 87.8 cm³/mol. The van der Waals surface area contributed by atoms with Crippen LogP contribution in [0, 0.1) is 19.8 Å². The van der Waals surface area contributed by atoms with Crippen LogP contribution in [-0.4, -0.2) is 11.1 Å². The number of carbonyl (C=O) groups excluding carboxylic acids is 1. The molecule has 4 heteroatoms. The summed E-state index contributed by atoms with van der Waals surface area (Å²) in [7, 11) is 0. The van der Waals surface area contributed by atoms with Gasteiger partial charge in [-0.25, -0.2) is 0 Å². The van der Waals surface area contributed by atoms with Crippen molar-refractivity contribution in [1.29, 1.82) is 0 Å². The molecule has 0 heterocycles. The average Bonchev–Trinajstić information content (AvgIpc) is 2.45. The van der Waals surface area contributed by atoms with Crippen molar-refractivity contribution in [3.63, 3.8) is 0 Å². The van der Waals surface area contributed by atoms with Crippen molar-refractivity contribution in [2.24, 2.45) is 5.92 Å². The second kappa shape index (κ2) is 6.52. The van der Waals surface area contributed by atoms with Gasteiger partial charge < -0.3 is 15.2 Å². The quantitative estimate of drug-likeness (QED) is 0.501. The third-order valence-corrected chi connectivity index (χ3v) is 3.34. The van der Waals surface area contributed by atoms with Gasteiger partial charge in [-0.3, -0.25) is 4.79 Å². The topological polar surface area (TPSA) is 58.6 Å². The summed E-state index contributed by atoms with van der Waals surface area (Å²) in [6.07, 6.45) is 0. The Morgan fingerprint density at radius 3 is 2.18 bits per heavy atom. The zero-order valence-electron chi connectivity index (χ0n) is 13.3. The zero-order valence-corrected chi connectivity index (χ0v) is 13.3. The van der Waals surface area contributed by atoms with Gasteiger partial charge >= 0.3 is 5.97 Å². The standard InChI is InChI=1S/C18H21NO3/c1-11(2)18(21)22-17-8-6-15(10-13(17)4)19-14-5-7-16(20)12(3)9-14/h5-11,19-20H,1-4H3. The lowest BCUT2D eigenvalue weighted by Gasteiger charge is -2.12. The number of phenolic OH excluding ortho intramolecular Hbond substituents is 1. The maximum Gasteiger partial charge on any atom is 0.313 e. The van der Waals surface area contributed by atoms with E-state index in [0.717, 1.165) is 22.5 Å². The van der Waals surface area contributed by atoms with Gasteiger partial charge in [0.15, 0.2) is 0 Å². The molecule has 2 aromatic rings. The molecule has 0 unspecified atom stereocenters. The van der Waals surface area contributed by atoms with Gasteiger partial charge in [0.05, 0.1) is 5.92 Å². The molecule has 2 aromatic carbocycles. The Morgan fingerprint density at radius 2 is 1.64 bits per heavy atom. The molecule has 0 spiro atoms. The minimum absolute atomic E-state index is 0.155. The van der Waals surface area contributed by atoms with Crippen LogP contribution in [0.25, 0.3) is 0 Å². The van der Waals surface area contributed by atoms with Crippen LogP contribution in [0.1, 0.15) is 25.0 Å². The maximum atomic E-state index is 11.6. The molecular weight excluding hydrogens is 278 g/mol. The van der Waals surface area contributed by atoms with E-state index in [9.17, 15) is 9.90 Å². The van der Waals surface area contributed by atoms with E-state index < -0.39 is 0 Å². The monoisotopic (exact) mass is 299 g/mol. The number of hydrogen-bond acceptors (Lipinski definition) is 4. The minimum atomic E-state index is -0.238. The van der Waals surface area contributed by atoms with Gasteiger partial charge in [0.25, 0.3) is 0 Å². The third kappa shape index (κ3) is 3.79. The fourth-order valence-corrected chi connectivity index (χ4v) is 1.97. The van der Waals surface area contributed by atoms with Crippen LogP contribution < -0.4 is 10.1 Å². The highest BCUT2D eigenvalue weighted by molar-refractivity contribution is 5.75. The number of carbonyl (C=O) groups is 1. The Bertz CT molecular complexity index is 693. The number of anilines is 2. The van der Waals surface area contributed by atoms with Gasteiger partial charge in [0, 0.05) is 11.4 Å². The molecule has 0 saturated carbocycles. The Kier molecular flexibility index (Phi) is 4.71. The lowest BCUT2D eigenvalue weighted by atomic mass is 10.1. The normalized spacial score (nSPS) is 10.6. The summed E-state index contributed by atoms with van der Waals surface area (Å²) in [6.45, 7) is 7.36. The number of hydrogen-bond donors (Lipinski definition) is 2. The Morgan fingerprint density at radius 1 is 1.05 bits per heavy atom. The Hall–Kier alpha value is -2.49. The summed E-state index contributed by atoms with van der Waals surface area (Å²) in [4.78, 5) is 11.6. The molecule has 0 aliphatic heterocycles. The first kappa shape index (κ1) is 15.9. The van der Waals surface area contributed by atoms with E-state index in [1.165, 1.54) is 0 Å². The van der Waals surface area contributed by atoms with Crippen LogP contribution in [0.5, 0.6) is 11.5 Å². The van der Waals surface area contributed by atoms with Gasteiger partial charge in [-0.05, 0) is 61.4 Å². The number of aryl methyl sites for hydroxylation is 2. The molecule has 116 valence electrons. The van der Waals surface area contributed by atoms with Crippen molar-refractivity contribution in [3.05, 3.63) is 47.5 Å². The Labute approximate surface area is 130 Å². The average molecular weight is 299 g/mol. The highest BCUT2D eigenvalue weighted by Gasteiger charge is 2.11. The van der Waals surface area contributed by atoms with Crippen LogP contribution in [-0.2, 0) is 4.79 Å². The molecule has 4 nitrogen and oxygen atoms in total. The van der Waals surface area contributed by atoms with Crippen LogP contribution in [0.2, 0.25) is 0 Å². The summed E-state index contributed by atoms with van der Waals surface area (Å²) in [5.74, 6) is 0.457. The van der Waals surface area contributed by atoms with Crippen molar-refractivity contribution in [1.82, 2.24) is 0 Å². The summed E-state index contributed by atoms with van der Waals surface area (Å²) in [5, 5.41) is 12.8. The molecule has 0 atom stereocenters. The van der Waals surface area contributed by atoms with E-state index >= 15 is 0 Å². The molecule has 0 radical (unpaired) electrons. The molecule has 0 amide bonds. The second-order valence-electron chi connectivity index (χ2n) is 5.68. The zero-order chi connectivity index (χ0) is 16.3. The fraction of sp³-hybridized carbons (Fsp3) is 0.278. The van der Waals surface area contributed by atoms with Gasteiger partial charge in [-0.1, -0.05) is 13.8 Å². The fourth-order valence-electron chi connectivity index (χ4n) is 1.97. The van der Waals surface area contributed by atoms with Gasteiger partial charge in [-0.2, -0.15) is 0 Å². The summed E-state index contributed by atoms with van der Waals surface area (Å²) in [5.41, 5.74) is 3.48. The molecule has 0 bridgehead atoms. The van der Waals surface area contributed by atoms with Gasteiger partial charge in [-0.15, -0.1) is 0 Å². The molecule has 0 saturated heterocycles. The van der Waals surface area contributed by atoms with Gasteiger partial charge in [0.1, 0.15) is 11.5 Å². The summed E-state index contributed by atoms with van der Waals surface area (Å²) < 4.78 is 5.35. The van der Waals surface area contributed by atoms with E-state index in [2.05, 4.69) is 5.32 Å². The number of ether oxygens (including phenoxy) is 1. The van der Waals surface area contributed by atoms with E-state index in [1.54, 1.807) is 26.0 Å². The van der Waals surface area contributed by atoms with Crippen molar-refractivity contribution in [3.8, 4) is 11.5 Å². The molecule has 2 rings (SSSR count). The first-order valence-corrected chi connectivity index (χ1v) is 7.26. The number of esters is 1. The molecule has 22 heavy (non-hydrogen) atoms. The Balaban J connectivity index is 2.15. The van der Waals surface area contributed by atoms with E-state index in [4.69, 9.17) is 4.74 Å². The number of nitrogens with one attached hydrogen (secondary N) is 1. The van der Waals surface area contributed by atoms with E-state index in [-0.39, 0.29) is 17.6 Å². The van der Waals surface area contributed by atoms with E-state index in [1.807, 2.05) is 38.1 Å². The summed E-state index contributed by atoms with van der Waals surface area (Å²) in [6, 6.07) is 10.9. The highest BCUT2D eigenvalue weighted by atomic mass is 16.5. The van der Waals surface area contributed by atoms with Crippen LogP contribution in [0.3, 0.4) is 0 Å². The number of phenols is 1. The number of aromatic hydroxyl groups is 1. The molecule has 0 aromatic heterocycles. The molecule has 0 aliphatic carbocycles. The number of benzene rings is 2. The number of rotatable bonds is 4. The lowest BCUT2D eigenvalue weighted by Crippen LogP contribution is -2.15. The van der Waals surface area contributed by atoms with Crippen LogP contribution in [0.4, 0.5) is 11.4 Å². The maximum absolute atomic E-state index is 11.6. The van der Waals surface area contributed by atoms with Crippen LogP contribution in [0.15, 0.2) is 36.4 Å². The second-order valence-corrected chi connectivity index (χ2v) is 5.68. The first-order chi connectivity index (χ1) is 10.4. The third-order valence-electron chi connectivity index (χ3n) is 3.34. The lowest BCUT2D eigenvalue weighted by molar-refractivity contribution is -0.137. The van der Waals surface area contributed by atoms with Gasteiger partial charge in [0.2, 0.25) is 0 Å². The SMILES string of the molecule is Cc1cc(Nc2ccc(OC(=O)C(C)C)c(C)c2)ccc1O. The first-order valence-electron chi connectivity index (χ1n) is 7.26.